The molecule has 1 aromatic carbocycles. The predicted octanol–water partition coefficient (Wildman–Crippen LogP) is 2.54. The van der Waals surface area contributed by atoms with Gasteiger partial charge in [-0.25, -0.2) is 0 Å². The number of benzene rings is 1. The van der Waals surface area contributed by atoms with E-state index in [9.17, 15) is 9.59 Å². The van der Waals surface area contributed by atoms with Crippen LogP contribution < -0.4 is 5.32 Å². The summed E-state index contributed by atoms with van der Waals surface area (Å²) in [5.41, 5.74) is 1.48. The molecule has 1 aromatic rings. The largest absolute Gasteiger partial charge is 0.326 e. The van der Waals surface area contributed by atoms with Gasteiger partial charge in [-0.15, -0.1) is 0 Å². The summed E-state index contributed by atoms with van der Waals surface area (Å²) in [7, 11) is 3.29. The molecule has 112 valence electrons. The number of rotatable bonds is 3. The number of hydrogen-bond donors (Lipinski definition) is 1. The number of carbonyl (C=O) groups excluding carboxylic acids is 2. The van der Waals surface area contributed by atoms with E-state index in [-0.39, 0.29) is 18.2 Å². The fourth-order valence-corrected chi connectivity index (χ4v) is 3.29. The van der Waals surface area contributed by atoms with Crippen LogP contribution in [0.3, 0.4) is 0 Å². The van der Waals surface area contributed by atoms with Crippen molar-refractivity contribution in [2.24, 2.45) is 4.99 Å². The first kappa shape index (κ1) is 15.9. The zero-order valence-corrected chi connectivity index (χ0v) is 13.6. The quantitative estimate of drug-likeness (QED) is 0.929. The van der Waals surface area contributed by atoms with Crippen LogP contribution in [0.15, 0.2) is 23.2 Å². The molecule has 21 heavy (non-hydrogen) atoms. The van der Waals surface area contributed by atoms with Gasteiger partial charge in [0.15, 0.2) is 5.17 Å². The van der Waals surface area contributed by atoms with Crippen molar-refractivity contribution in [1.29, 1.82) is 0 Å². The minimum atomic E-state index is -0.423. The van der Waals surface area contributed by atoms with E-state index in [1.807, 2.05) is 6.92 Å². The Hall–Kier alpha value is -1.53. The lowest BCUT2D eigenvalue weighted by Crippen LogP contribution is -2.30. The minimum Gasteiger partial charge on any atom is -0.326 e. The molecule has 0 radical (unpaired) electrons. The molecule has 1 N–H and O–H groups in total. The second-order valence-electron chi connectivity index (χ2n) is 4.67. The smallest absolute Gasteiger partial charge is 0.242 e. The maximum atomic E-state index is 12.1. The van der Waals surface area contributed by atoms with Crippen LogP contribution in [-0.2, 0) is 9.59 Å². The first-order valence-corrected chi connectivity index (χ1v) is 7.65. The lowest BCUT2D eigenvalue weighted by atomic mass is 10.2. The molecule has 0 saturated carbocycles. The summed E-state index contributed by atoms with van der Waals surface area (Å²) in [6.45, 7) is 1.84. The number of hydrogen-bond acceptors (Lipinski definition) is 4. The Balaban J connectivity index is 2.03. The third kappa shape index (κ3) is 3.39. The van der Waals surface area contributed by atoms with Gasteiger partial charge in [0, 0.05) is 31.2 Å². The Morgan fingerprint density at radius 2 is 2.24 bits per heavy atom. The highest BCUT2D eigenvalue weighted by Gasteiger charge is 2.36. The maximum absolute atomic E-state index is 12.1. The van der Waals surface area contributed by atoms with Crippen LogP contribution in [0.1, 0.15) is 12.0 Å². The molecule has 5 nitrogen and oxygen atoms in total. The van der Waals surface area contributed by atoms with Gasteiger partial charge in [0.2, 0.25) is 11.8 Å². The second kappa shape index (κ2) is 6.49. The standard InChI is InChI=1S/C14H16ClN3O2S/c1-8-9(15)5-4-6-10(8)17-12(19)7-11-13(20)18(3)14(16-2)21-11/h4-6,11H,7H2,1-3H3,(H,17,19)/t11-/m0/s1. The van der Waals surface area contributed by atoms with Crippen LogP contribution in [0, 0.1) is 6.92 Å². The molecule has 0 unspecified atom stereocenters. The molecular formula is C14H16ClN3O2S. The van der Waals surface area contributed by atoms with Crippen LogP contribution in [-0.4, -0.2) is 41.2 Å². The number of amides is 2. The maximum Gasteiger partial charge on any atom is 0.242 e. The van der Waals surface area contributed by atoms with Gasteiger partial charge in [-0.3, -0.25) is 19.5 Å². The lowest BCUT2D eigenvalue weighted by Gasteiger charge is -2.11. The molecule has 1 saturated heterocycles. The molecule has 0 aromatic heterocycles. The van der Waals surface area contributed by atoms with Crippen molar-refractivity contribution in [1.82, 2.24) is 4.90 Å². The van der Waals surface area contributed by atoms with Gasteiger partial charge < -0.3 is 5.32 Å². The van der Waals surface area contributed by atoms with Crippen molar-refractivity contribution in [2.75, 3.05) is 19.4 Å². The van der Waals surface area contributed by atoms with Crippen molar-refractivity contribution in [3.63, 3.8) is 0 Å². The number of halogens is 1. The van der Waals surface area contributed by atoms with Gasteiger partial charge in [-0.1, -0.05) is 29.4 Å². The first-order chi connectivity index (χ1) is 9.93. The topological polar surface area (TPSA) is 61.8 Å². The molecule has 1 heterocycles. The molecule has 0 bridgehead atoms. The van der Waals surface area contributed by atoms with E-state index in [1.165, 1.54) is 16.7 Å². The number of aliphatic imine (C=N–C) groups is 1. The summed E-state index contributed by atoms with van der Waals surface area (Å²) in [5, 5.41) is 3.61. The van der Waals surface area contributed by atoms with Gasteiger partial charge in [0.25, 0.3) is 0 Å². The molecule has 1 atom stereocenters. The van der Waals surface area contributed by atoms with Crippen LogP contribution >= 0.6 is 23.4 Å². The third-order valence-corrected chi connectivity index (χ3v) is 4.97. The molecule has 1 aliphatic rings. The fourth-order valence-electron chi connectivity index (χ4n) is 2.01. The van der Waals surface area contributed by atoms with E-state index in [1.54, 1.807) is 32.3 Å². The highest BCUT2D eigenvalue weighted by atomic mass is 35.5. The summed E-state index contributed by atoms with van der Waals surface area (Å²) < 4.78 is 0. The highest BCUT2D eigenvalue weighted by Crippen LogP contribution is 2.29. The van der Waals surface area contributed by atoms with Crippen LogP contribution in [0.5, 0.6) is 0 Å². The van der Waals surface area contributed by atoms with Crippen molar-refractivity contribution in [3.8, 4) is 0 Å². The van der Waals surface area contributed by atoms with Gasteiger partial charge >= 0.3 is 0 Å². The Labute approximate surface area is 132 Å². The van der Waals surface area contributed by atoms with E-state index < -0.39 is 5.25 Å². The molecule has 1 fully saturated rings. The van der Waals surface area contributed by atoms with E-state index in [0.29, 0.717) is 15.9 Å². The second-order valence-corrected chi connectivity index (χ2v) is 6.25. The number of nitrogens with one attached hydrogen (secondary N) is 1. The molecule has 2 rings (SSSR count). The van der Waals surface area contributed by atoms with Crippen molar-refractivity contribution < 1.29 is 9.59 Å². The molecule has 2 amide bonds. The number of anilines is 1. The molecule has 7 heteroatoms. The fraction of sp³-hybridized carbons (Fsp3) is 0.357. The number of amidine groups is 1. The Bertz CT molecular complexity index is 618. The van der Waals surface area contributed by atoms with E-state index in [0.717, 1.165) is 5.56 Å². The summed E-state index contributed by atoms with van der Waals surface area (Å²) in [5.74, 6) is -0.310. The van der Waals surface area contributed by atoms with Crippen LogP contribution in [0.25, 0.3) is 0 Å². The van der Waals surface area contributed by atoms with E-state index >= 15 is 0 Å². The predicted molar refractivity (Wildman–Crippen MR) is 86.9 cm³/mol. The normalized spacial score (nSPS) is 20.2. The summed E-state index contributed by atoms with van der Waals surface area (Å²) >= 11 is 7.33. The summed E-state index contributed by atoms with van der Waals surface area (Å²) in [6, 6.07) is 5.33. The Kier molecular flexibility index (Phi) is 4.90. The summed E-state index contributed by atoms with van der Waals surface area (Å²) in [6.07, 6.45) is 0.110. The highest BCUT2D eigenvalue weighted by molar-refractivity contribution is 8.15. The molecule has 0 aliphatic carbocycles. The van der Waals surface area contributed by atoms with Gasteiger partial charge in [0.1, 0.15) is 5.25 Å². The Morgan fingerprint density at radius 1 is 1.52 bits per heavy atom. The summed E-state index contributed by atoms with van der Waals surface area (Å²) in [4.78, 5) is 29.6. The number of nitrogens with zero attached hydrogens (tertiary/aromatic N) is 2. The van der Waals surface area contributed by atoms with Crippen molar-refractivity contribution in [3.05, 3.63) is 28.8 Å². The average Bonchev–Trinajstić information content (AvgIpc) is 2.72. The molecule has 1 aliphatic heterocycles. The van der Waals surface area contributed by atoms with E-state index in [2.05, 4.69) is 10.3 Å². The zero-order chi connectivity index (χ0) is 15.6. The van der Waals surface area contributed by atoms with Crippen LogP contribution in [0.4, 0.5) is 5.69 Å². The van der Waals surface area contributed by atoms with E-state index in [4.69, 9.17) is 11.6 Å². The van der Waals surface area contributed by atoms with Gasteiger partial charge in [-0.2, -0.15) is 0 Å². The minimum absolute atomic E-state index is 0.0985. The molecular weight excluding hydrogens is 310 g/mol. The van der Waals surface area contributed by atoms with Crippen molar-refractivity contribution >= 4 is 46.0 Å². The lowest BCUT2D eigenvalue weighted by molar-refractivity contribution is -0.127. The van der Waals surface area contributed by atoms with Gasteiger partial charge in [-0.05, 0) is 24.6 Å². The average molecular weight is 326 g/mol. The van der Waals surface area contributed by atoms with Crippen molar-refractivity contribution in [2.45, 2.75) is 18.6 Å². The Morgan fingerprint density at radius 3 is 2.86 bits per heavy atom. The number of thioether (sulfide) groups is 1. The van der Waals surface area contributed by atoms with Gasteiger partial charge in [0.05, 0.1) is 0 Å². The monoisotopic (exact) mass is 325 g/mol. The van der Waals surface area contributed by atoms with Crippen LogP contribution in [0.2, 0.25) is 5.02 Å². The SMILES string of the molecule is CN=C1S[C@@H](CC(=O)Nc2cccc(Cl)c2C)C(=O)N1C. The zero-order valence-electron chi connectivity index (χ0n) is 12.0. The third-order valence-electron chi connectivity index (χ3n) is 3.24. The molecule has 0 spiro atoms. The first-order valence-electron chi connectivity index (χ1n) is 6.40. The number of carbonyl (C=O) groups is 2.